The third kappa shape index (κ3) is 6.80. The molecule has 2 N–H and O–H groups in total. The number of carbonyl (C=O) groups excluding carboxylic acids is 2. The number of thioether (sulfide) groups is 1. The van der Waals surface area contributed by atoms with Crippen molar-refractivity contribution >= 4 is 52.5 Å². The highest BCUT2D eigenvalue weighted by Gasteiger charge is 2.15. The van der Waals surface area contributed by atoms with E-state index >= 15 is 0 Å². The average molecular weight is 508 g/mol. The number of hydrogen-bond acceptors (Lipinski definition) is 5. The van der Waals surface area contributed by atoms with Gasteiger partial charge in [-0.1, -0.05) is 53.2 Å². The van der Waals surface area contributed by atoms with Crippen LogP contribution in [0.3, 0.4) is 0 Å². The number of nitrogens with zero attached hydrogens (tertiary/aromatic N) is 3. The summed E-state index contributed by atoms with van der Waals surface area (Å²) in [5, 5.41) is 15.0. The van der Waals surface area contributed by atoms with E-state index in [2.05, 4.69) is 27.4 Å². The molecule has 0 spiro atoms. The van der Waals surface area contributed by atoms with Crippen LogP contribution in [0.15, 0.2) is 60.3 Å². The molecule has 2 aromatic carbocycles. The normalized spacial score (nSPS) is 10.6. The lowest BCUT2D eigenvalue weighted by atomic mass is 10.2. The van der Waals surface area contributed by atoms with Gasteiger partial charge in [-0.2, -0.15) is 0 Å². The zero-order chi connectivity index (χ0) is 23.8. The first kappa shape index (κ1) is 24.8. The molecule has 0 radical (unpaired) electrons. The third-order valence-corrected chi connectivity index (χ3v) is 6.10. The fourth-order valence-electron chi connectivity index (χ4n) is 2.85. The number of rotatable bonds is 10. The van der Waals surface area contributed by atoms with Crippen molar-refractivity contribution in [1.29, 1.82) is 0 Å². The lowest BCUT2D eigenvalue weighted by Gasteiger charge is -2.09. The first-order valence-electron chi connectivity index (χ1n) is 9.82. The number of anilines is 1. The van der Waals surface area contributed by atoms with Gasteiger partial charge in [-0.25, -0.2) is 4.39 Å². The van der Waals surface area contributed by atoms with Gasteiger partial charge in [0.05, 0.1) is 21.4 Å². The molecule has 0 unspecified atom stereocenters. The lowest BCUT2D eigenvalue weighted by Crippen LogP contribution is -2.27. The topological polar surface area (TPSA) is 88.9 Å². The Labute approximate surface area is 204 Å². The molecule has 33 heavy (non-hydrogen) atoms. The van der Waals surface area contributed by atoms with Crippen molar-refractivity contribution in [3.63, 3.8) is 0 Å². The number of nitrogens with one attached hydrogen (secondary N) is 2. The van der Waals surface area contributed by atoms with Crippen LogP contribution in [-0.2, 0) is 17.8 Å². The highest BCUT2D eigenvalue weighted by Crippen LogP contribution is 2.25. The Bertz CT molecular complexity index is 1170. The summed E-state index contributed by atoms with van der Waals surface area (Å²) in [4.78, 5) is 24.5. The Balaban J connectivity index is 1.56. The SMILES string of the molecule is C=CCn1c(CCNC(=O)c2ccccc2F)nnc1SCC(=O)Nc1ccc(Cl)c(Cl)c1. The second-order valence-electron chi connectivity index (χ2n) is 6.75. The van der Waals surface area contributed by atoms with Gasteiger partial charge in [-0.15, -0.1) is 16.8 Å². The molecule has 0 aliphatic rings. The molecule has 0 bridgehead atoms. The molecule has 0 aliphatic carbocycles. The average Bonchev–Trinajstić information content (AvgIpc) is 3.17. The number of aromatic nitrogens is 3. The number of amides is 2. The highest BCUT2D eigenvalue weighted by atomic mass is 35.5. The van der Waals surface area contributed by atoms with Crippen molar-refractivity contribution in [2.45, 2.75) is 18.1 Å². The van der Waals surface area contributed by atoms with Crippen molar-refractivity contribution in [1.82, 2.24) is 20.1 Å². The molecule has 0 aliphatic heterocycles. The van der Waals surface area contributed by atoms with Crippen LogP contribution in [0.25, 0.3) is 0 Å². The van der Waals surface area contributed by atoms with Crippen LogP contribution >= 0.6 is 35.0 Å². The maximum atomic E-state index is 13.7. The fourth-order valence-corrected chi connectivity index (χ4v) is 3.92. The molecule has 172 valence electrons. The zero-order valence-corrected chi connectivity index (χ0v) is 19.7. The van der Waals surface area contributed by atoms with Crippen LogP contribution in [0.1, 0.15) is 16.2 Å². The monoisotopic (exact) mass is 507 g/mol. The van der Waals surface area contributed by atoms with Gasteiger partial charge in [0.2, 0.25) is 5.91 Å². The Morgan fingerprint density at radius 3 is 2.67 bits per heavy atom. The minimum atomic E-state index is -0.581. The van der Waals surface area contributed by atoms with Gasteiger partial charge >= 0.3 is 0 Å². The number of carbonyl (C=O) groups is 2. The number of allylic oxidation sites excluding steroid dienone is 1. The van der Waals surface area contributed by atoms with E-state index in [4.69, 9.17) is 23.2 Å². The molecular weight excluding hydrogens is 488 g/mol. The summed E-state index contributed by atoms with van der Waals surface area (Å²) in [7, 11) is 0. The Hall–Kier alpha value is -2.88. The third-order valence-electron chi connectivity index (χ3n) is 4.39. The molecule has 1 heterocycles. The molecule has 0 saturated heterocycles. The second kappa shape index (κ2) is 11.8. The van der Waals surface area contributed by atoms with E-state index in [0.717, 1.165) is 0 Å². The molecule has 3 rings (SSSR count). The van der Waals surface area contributed by atoms with Gasteiger partial charge in [0.1, 0.15) is 11.6 Å². The molecule has 0 fully saturated rings. The van der Waals surface area contributed by atoms with Crippen LogP contribution < -0.4 is 10.6 Å². The van der Waals surface area contributed by atoms with Crippen LogP contribution in [0, 0.1) is 5.82 Å². The molecule has 3 aromatic rings. The number of benzene rings is 2. The summed E-state index contributed by atoms with van der Waals surface area (Å²) < 4.78 is 15.5. The summed E-state index contributed by atoms with van der Waals surface area (Å²) in [5.74, 6) is -0.625. The van der Waals surface area contributed by atoms with E-state index in [1.165, 1.54) is 30.0 Å². The van der Waals surface area contributed by atoms with Crippen molar-refractivity contribution < 1.29 is 14.0 Å². The van der Waals surface area contributed by atoms with Crippen molar-refractivity contribution in [2.75, 3.05) is 17.6 Å². The maximum absolute atomic E-state index is 13.7. The van der Waals surface area contributed by atoms with E-state index in [1.54, 1.807) is 34.9 Å². The summed E-state index contributed by atoms with van der Waals surface area (Å²) in [6, 6.07) is 10.6. The van der Waals surface area contributed by atoms with Crippen LogP contribution in [0.5, 0.6) is 0 Å². The number of halogens is 3. The summed E-state index contributed by atoms with van der Waals surface area (Å²) >= 11 is 13.1. The molecule has 7 nitrogen and oxygen atoms in total. The fraction of sp³-hybridized carbons (Fsp3) is 0.182. The van der Waals surface area contributed by atoms with Gasteiger partial charge in [0.25, 0.3) is 5.91 Å². The standard InChI is InChI=1S/C22H20Cl2FN5O2S/c1-2-11-30-19(9-10-26-21(32)15-5-3-4-6-18(15)25)28-29-22(30)33-13-20(31)27-14-7-8-16(23)17(24)12-14/h2-8,12H,1,9-11,13H2,(H,26,32)(H,27,31). The van der Waals surface area contributed by atoms with E-state index in [-0.39, 0.29) is 23.8 Å². The molecular formula is C22H20Cl2FN5O2S. The van der Waals surface area contributed by atoms with Gasteiger partial charge in [0.15, 0.2) is 5.16 Å². The molecule has 0 saturated carbocycles. The smallest absolute Gasteiger partial charge is 0.254 e. The molecule has 11 heteroatoms. The van der Waals surface area contributed by atoms with E-state index < -0.39 is 11.7 Å². The minimum absolute atomic E-state index is 0.0192. The number of hydrogen-bond donors (Lipinski definition) is 2. The first-order valence-corrected chi connectivity index (χ1v) is 11.6. The van der Waals surface area contributed by atoms with Crippen LogP contribution in [0.2, 0.25) is 10.0 Å². The maximum Gasteiger partial charge on any atom is 0.254 e. The quantitative estimate of drug-likeness (QED) is 0.309. The minimum Gasteiger partial charge on any atom is -0.351 e. The Kier molecular flexibility index (Phi) is 8.87. The summed E-state index contributed by atoms with van der Waals surface area (Å²) in [6.45, 7) is 4.41. The van der Waals surface area contributed by atoms with E-state index in [1.807, 2.05) is 0 Å². The summed E-state index contributed by atoms with van der Waals surface area (Å²) in [5.41, 5.74) is 0.517. The van der Waals surface area contributed by atoms with Crippen molar-refractivity contribution in [3.05, 3.63) is 82.4 Å². The zero-order valence-electron chi connectivity index (χ0n) is 17.4. The second-order valence-corrected chi connectivity index (χ2v) is 8.51. The lowest BCUT2D eigenvalue weighted by molar-refractivity contribution is -0.113. The van der Waals surface area contributed by atoms with Crippen molar-refractivity contribution in [3.8, 4) is 0 Å². The highest BCUT2D eigenvalue weighted by molar-refractivity contribution is 7.99. The van der Waals surface area contributed by atoms with E-state index in [9.17, 15) is 14.0 Å². The first-order chi connectivity index (χ1) is 15.9. The van der Waals surface area contributed by atoms with Crippen molar-refractivity contribution in [2.24, 2.45) is 0 Å². The molecule has 0 atom stereocenters. The van der Waals surface area contributed by atoms with Gasteiger partial charge in [-0.05, 0) is 30.3 Å². The van der Waals surface area contributed by atoms with Crippen LogP contribution in [0.4, 0.5) is 10.1 Å². The largest absolute Gasteiger partial charge is 0.351 e. The van der Waals surface area contributed by atoms with Gasteiger partial charge < -0.3 is 15.2 Å². The van der Waals surface area contributed by atoms with Crippen LogP contribution in [-0.4, -0.2) is 38.9 Å². The molecule has 2 amide bonds. The molecule has 1 aromatic heterocycles. The van der Waals surface area contributed by atoms with E-state index in [0.29, 0.717) is 39.7 Å². The Morgan fingerprint density at radius 1 is 1.15 bits per heavy atom. The van der Waals surface area contributed by atoms with Gasteiger partial charge in [-0.3, -0.25) is 9.59 Å². The predicted molar refractivity (Wildman–Crippen MR) is 128 cm³/mol. The Morgan fingerprint density at radius 2 is 1.94 bits per heavy atom. The summed E-state index contributed by atoms with van der Waals surface area (Å²) in [6.07, 6.45) is 2.06. The predicted octanol–water partition coefficient (Wildman–Crippen LogP) is 4.61. The van der Waals surface area contributed by atoms with Gasteiger partial charge in [0, 0.05) is 25.2 Å².